The van der Waals surface area contributed by atoms with Crippen LogP contribution in [0.5, 0.6) is 11.5 Å². The minimum Gasteiger partial charge on any atom is -0.508 e. The maximum Gasteiger partial charge on any atom is 0.418 e. The molecule has 7 heteroatoms. The summed E-state index contributed by atoms with van der Waals surface area (Å²) in [5, 5.41) is 24.2. The van der Waals surface area contributed by atoms with E-state index in [0.29, 0.717) is 0 Å². The third-order valence-corrected chi connectivity index (χ3v) is 4.06. The lowest BCUT2D eigenvalue weighted by Crippen LogP contribution is -2.10. The molecule has 0 atom stereocenters. The van der Waals surface area contributed by atoms with E-state index >= 15 is 0 Å². The summed E-state index contributed by atoms with van der Waals surface area (Å²) in [6.07, 6.45) is -2.66. The van der Waals surface area contributed by atoms with Crippen molar-refractivity contribution in [3.05, 3.63) is 48.4 Å². The average Bonchev–Trinajstić information content (AvgIpc) is 2.90. The quantitative estimate of drug-likeness (QED) is 0.642. The third-order valence-electron chi connectivity index (χ3n) is 4.06. The van der Waals surface area contributed by atoms with Gasteiger partial charge in [0.15, 0.2) is 0 Å². The molecule has 0 unspecified atom stereocenters. The Bertz CT molecular complexity index is 946. The fraction of sp³-hybridized carbons (Fsp3) is 0.263. The van der Waals surface area contributed by atoms with Crippen molar-refractivity contribution in [2.45, 2.75) is 26.6 Å². The average molecular weight is 363 g/mol. The van der Waals surface area contributed by atoms with Gasteiger partial charge in [-0.05, 0) is 18.2 Å². The van der Waals surface area contributed by atoms with Crippen LogP contribution in [0.2, 0.25) is 0 Å². The highest BCUT2D eigenvalue weighted by molar-refractivity contribution is 5.96. The number of halogens is 3. The molecule has 3 aromatic rings. The van der Waals surface area contributed by atoms with E-state index in [-0.39, 0.29) is 46.1 Å². The summed E-state index contributed by atoms with van der Waals surface area (Å²) >= 11 is 0. The number of hydrogen-bond donors (Lipinski definition) is 2. The van der Waals surface area contributed by atoms with Crippen molar-refractivity contribution in [1.29, 1.82) is 0 Å². The van der Waals surface area contributed by atoms with E-state index in [1.54, 1.807) is 6.07 Å². The van der Waals surface area contributed by atoms with E-state index in [0.717, 1.165) is 12.1 Å². The summed E-state index contributed by atoms with van der Waals surface area (Å²) in [4.78, 5) is 0. The van der Waals surface area contributed by atoms with Crippen LogP contribution in [0.4, 0.5) is 13.2 Å². The molecule has 2 aromatic carbocycles. The molecule has 0 saturated heterocycles. The van der Waals surface area contributed by atoms with E-state index in [9.17, 15) is 23.4 Å². The van der Waals surface area contributed by atoms with E-state index in [4.69, 9.17) is 0 Å². The molecule has 3 rings (SSSR count). The molecule has 4 nitrogen and oxygen atoms in total. The van der Waals surface area contributed by atoms with Crippen LogP contribution in [-0.4, -0.2) is 20.0 Å². The van der Waals surface area contributed by atoms with Gasteiger partial charge < -0.3 is 16.6 Å². The number of phenolic OH excluding ortho intramolecular Hbond substituents is 2. The Morgan fingerprint density at radius 2 is 1.88 bits per heavy atom. The molecular weight excluding hydrogens is 345 g/mol. The second-order valence-corrected chi connectivity index (χ2v) is 6.41. The van der Waals surface area contributed by atoms with Crippen LogP contribution >= 0.6 is 0 Å². The number of nitrogens with zero attached hydrogens (tertiary/aromatic N) is 2. The Morgan fingerprint density at radius 1 is 1.15 bits per heavy atom. The Kier molecular flexibility index (Phi) is 4.56. The van der Waals surface area contributed by atoms with Gasteiger partial charge in [0.1, 0.15) is 17.2 Å². The van der Waals surface area contributed by atoms with Gasteiger partial charge >= 0.3 is 6.18 Å². The summed E-state index contributed by atoms with van der Waals surface area (Å²) in [5.41, 5.74) is -0.306. The smallest absolute Gasteiger partial charge is 0.418 e. The Hall–Kier alpha value is -2.70. The molecule has 0 aliphatic rings. The van der Waals surface area contributed by atoms with Gasteiger partial charge in [0.05, 0.1) is 11.1 Å². The standard InChI is InChI=1S/C19H18F3N2O2/c1-11(2)8-9-24-18-14(4-3-5-15(18)19(20,21)22)17(23-24)13-7-6-12(25)10-16(13)26/h3-8,10-11,25-26H,9H2,1-2H3/q-1. The minimum atomic E-state index is -4.52. The maximum absolute atomic E-state index is 13.5. The molecule has 0 bridgehead atoms. The lowest BCUT2D eigenvalue weighted by Gasteiger charge is -2.18. The van der Waals surface area contributed by atoms with Crippen molar-refractivity contribution < 1.29 is 23.4 Å². The topological polar surface area (TPSA) is 58.3 Å². The minimum absolute atomic E-state index is 0.0284. The number of aromatic hydroxyl groups is 2. The first-order valence-corrected chi connectivity index (χ1v) is 8.11. The molecule has 1 heterocycles. The van der Waals surface area contributed by atoms with Crippen LogP contribution in [0.25, 0.3) is 22.2 Å². The second kappa shape index (κ2) is 6.55. The molecular formula is C19H18F3N2O2-. The molecule has 0 fully saturated rings. The highest BCUT2D eigenvalue weighted by atomic mass is 19.4. The van der Waals surface area contributed by atoms with Crippen molar-refractivity contribution in [1.82, 2.24) is 9.78 Å². The first-order valence-electron chi connectivity index (χ1n) is 8.11. The summed E-state index contributed by atoms with van der Waals surface area (Å²) in [7, 11) is 0. The van der Waals surface area contributed by atoms with Crippen molar-refractivity contribution in [3.63, 3.8) is 0 Å². The highest BCUT2D eigenvalue weighted by Crippen LogP contribution is 2.40. The fourth-order valence-electron chi connectivity index (χ4n) is 2.83. The molecule has 0 amide bonds. The number of hydrogen-bond acceptors (Lipinski definition) is 3. The summed E-state index contributed by atoms with van der Waals surface area (Å²) in [6, 6.07) is 7.82. The summed E-state index contributed by atoms with van der Waals surface area (Å²) in [5.74, 6) is -0.210. The van der Waals surface area contributed by atoms with Crippen LogP contribution in [0.15, 0.2) is 36.4 Å². The SMILES string of the molecule is CC(C)[CH-]Cn1nc(-c2ccc(O)cc2O)c2cccc(C(F)(F)F)c21. The van der Waals surface area contributed by atoms with Gasteiger partial charge in [-0.25, -0.2) is 0 Å². The molecule has 138 valence electrons. The van der Waals surface area contributed by atoms with Crippen molar-refractivity contribution in [3.8, 4) is 22.8 Å². The van der Waals surface area contributed by atoms with Gasteiger partial charge in [0.2, 0.25) is 0 Å². The van der Waals surface area contributed by atoms with Gasteiger partial charge in [-0.3, -0.25) is 4.68 Å². The lowest BCUT2D eigenvalue weighted by molar-refractivity contribution is -0.136. The predicted molar refractivity (Wildman–Crippen MR) is 92.6 cm³/mol. The van der Waals surface area contributed by atoms with Crippen LogP contribution in [-0.2, 0) is 12.7 Å². The Balaban J connectivity index is 2.28. The molecule has 0 saturated carbocycles. The van der Waals surface area contributed by atoms with Crippen molar-refractivity contribution in [2.75, 3.05) is 0 Å². The predicted octanol–water partition coefficient (Wildman–Crippen LogP) is 4.99. The first-order chi connectivity index (χ1) is 12.2. The Morgan fingerprint density at radius 3 is 2.50 bits per heavy atom. The zero-order valence-electron chi connectivity index (χ0n) is 14.2. The van der Waals surface area contributed by atoms with Crippen molar-refractivity contribution >= 4 is 10.9 Å². The Labute approximate surface area is 148 Å². The van der Waals surface area contributed by atoms with Gasteiger partial charge in [-0.1, -0.05) is 32.5 Å². The largest absolute Gasteiger partial charge is 0.508 e. The third kappa shape index (κ3) is 3.34. The van der Waals surface area contributed by atoms with E-state index in [1.807, 2.05) is 20.3 Å². The second-order valence-electron chi connectivity index (χ2n) is 6.41. The van der Waals surface area contributed by atoms with Crippen LogP contribution < -0.4 is 0 Å². The van der Waals surface area contributed by atoms with E-state index in [1.165, 1.54) is 22.9 Å². The molecule has 0 aliphatic heterocycles. The zero-order valence-corrected chi connectivity index (χ0v) is 14.2. The number of aromatic nitrogens is 2. The number of rotatable bonds is 4. The fourth-order valence-corrected chi connectivity index (χ4v) is 2.83. The summed E-state index contributed by atoms with van der Waals surface area (Å²) in [6.45, 7) is 4.08. The van der Waals surface area contributed by atoms with E-state index in [2.05, 4.69) is 5.10 Å². The maximum atomic E-state index is 13.5. The van der Waals surface area contributed by atoms with Gasteiger partial charge in [-0.2, -0.15) is 24.2 Å². The van der Waals surface area contributed by atoms with Crippen LogP contribution in [0, 0.1) is 12.3 Å². The van der Waals surface area contributed by atoms with Crippen molar-refractivity contribution in [2.24, 2.45) is 5.92 Å². The molecule has 0 spiro atoms. The molecule has 0 radical (unpaired) electrons. The van der Waals surface area contributed by atoms with Crippen LogP contribution in [0.1, 0.15) is 19.4 Å². The normalized spacial score (nSPS) is 12.2. The van der Waals surface area contributed by atoms with Gasteiger partial charge in [0.25, 0.3) is 0 Å². The number of benzene rings is 2. The van der Waals surface area contributed by atoms with E-state index < -0.39 is 11.7 Å². The molecule has 0 aliphatic carbocycles. The molecule has 26 heavy (non-hydrogen) atoms. The molecule has 2 N–H and O–H groups in total. The monoisotopic (exact) mass is 363 g/mol. The highest BCUT2D eigenvalue weighted by Gasteiger charge is 2.34. The number of para-hydroxylation sites is 1. The number of phenols is 2. The number of alkyl halides is 3. The first kappa shape index (κ1) is 18.1. The summed E-state index contributed by atoms with van der Waals surface area (Å²) < 4.78 is 41.8. The number of fused-ring (bicyclic) bond motifs is 1. The van der Waals surface area contributed by atoms with Gasteiger partial charge in [-0.15, -0.1) is 0 Å². The zero-order chi connectivity index (χ0) is 19.1. The van der Waals surface area contributed by atoms with Crippen LogP contribution in [0.3, 0.4) is 0 Å². The van der Waals surface area contributed by atoms with Gasteiger partial charge in [0, 0.05) is 17.0 Å². The lowest BCUT2D eigenvalue weighted by atomic mass is 10.0. The molecule has 1 aromatic heterocycles.